The average molecular weight is 553 g/mol. The number of aryl methyl sites for hydroxylation is 1. The molecule has 3 rings (SSSR count). The van der Waals surface area contributed by atoms with Crippen LogP contribution in [0.15, 0.2) is 54.6 Å². The van der Waals surface area contributed by atoms with Gasteiger partial charge in [-0.25, -0.2) is 4.79 Å². The number of carboxylic acid groups (broad SMARTS) is 1. The lowest BCUT2D eigenvalue weighted by atomic mass is 9.72. The van der Waals surface area contributed by atoms with Gasteiger partial charge in [0, 0.05) is 0 Å². The van der Waals surface area contributed by atoms with E-state index in [9.17, 15) is 46.3 Å². The summed E-state index contributed by atoms with van der Waals surface area (Å²) in [6, 6.07) is 9.08. The molecule has 0 bridgehead atoms. The third-order valence-electron chi connectivity index (χ3n) is 5.83. The molecule has 13 heteroatoms. The quantitative estimate of drug-likeness (QED) is 0.257. The van der Waals surface area contributed by atoms with Crippen LogP contribution in [-0.2, 0) is 10.2 Å². The first-order valence-electron chi connectivity index (χ1n) is 10.7. The molecule has 0 amide bonds. The molecule has 0 atom stereocenters. The van der Waals surface area contributed by atoms with Gasteiger partial charge in [-0.1, -0.05) is 24.3 Å². The largest absolute Gasteiger partial charge is 0.496 e. The molecule has 7 nitrogen and oxygen atoms in total. The van der Waals surface area contributed by atoms with Gasteiger partial charge < -0.3 is 19.3 Å². The van der Waals surface area contributed by atoms with Crippen LogP contribution in [0.4, 0.5) is 26.3 Å². The lowest BCUT2D eigenvalue weighted by molar-refractivity contribution is -0.288. The van der Waals surface area contributed by atoms with Gasteiger partial charge in [0.05, 0.1) is 12.7 Å². The maximum absolute atomic E-state index is 14.6. The number of nitrogens with zero attached hydrogens (tertiary/aromatic N) is 1. The van der Waals surface area contributed by atoms with Crippen LogP contribution < -0.4 is 14.2 Å². The Labute approximate surface area is 216 Å². The number of carbonyl (C=O) groups is 2. The fourth-order valence-electron chi connectivity index (χ4n) is 4.05. The highest BCUT2D eigenvalue weighted by Gasteiger charge is 2.72. The zero-order chi connectivity index (χ0) is 29.2. The van der Waals surface area contributed by atoms with Crippen molar-refractivity contribution in [2.75, 3.05) is 7.11 Å². The van der Waals surface area contributed by atoms with Crippen LogP contribution in [0.5, 0.6) is 23.0 Å². The van der Waals surface area contributed by atoms with Crippen molar-refractivity contribution < 1.29 is 55.2 Å². The van der Waals surface area contributed by atoms with Crippen LogP contribution in [-0.4, -0.2) is 37.0 Å². The number of nitriles is 1. The van der Waals surface area contributed by atoms with Crippen molar-refractivity contribution in [1.82, 2.24) is 0 Å². The fourth-order valence-corrected chi connectivity index (χ4v) is 4.05. The third kappa shape index (κ3) is 5.05. The highest BCUT2D eigenvalue weighted by molar-refractivity contribution is 5.91. The molecule has 0 aliphatic rings. The Morgan fingerprint density at radius 2 is 1.49 bits per heavy atom. The number of aromatic carboxylic acids is 1. The maximum Gasteiger partial charge on any atom is 0.411 e. The van der Waals surface area contributed by atoms with E-state index in [0.29, 0.717) is 35.9 Å². The Kier molecular flexibility index (Phi) is 7.81. The minimum Gasteiger partial charge on any atom is -0.496 e. The van der Waals surface area contributed by atoms with Crippen molar-refractivity contribution in [3.8, 4) is 29.1 Å². The van der Waals surface area contributed by atoms with Gasteiger partial charge in [0.1, 0.15) is 23.1 Å². The van der Waals surface area contributed by atoms with Crippen molar-refractivity contribution >= 4 is 12.4 Å². The zero-order valence-electron chi connectivity index (χ0n) is 20.0. The highest BCUT2D eigenvalue weighted by atomic mass is 19.4. The molecule has 0 unspecified atom stereocenters. The predicted octanol–water partition coefficient (Wildman–Crippen LogP) is 6.31. The Bertz CT molecular complexity index is 1440. The van der Waals surface area contributed by atoms with E-state index in [1.165, 1.54) is 12.1 Å². The van der Waals surface area contributed by atoms with E-state index in [-0.39, 0.29) is 23.9 Å². The molecule has 0 aromatic heterocycles. The van der Waals surface area contributed by atoms with E-state index < -0.39 is 57.7 Å². The van der Waals surface area contributed by atoms with E-state index in [0.717, 1.165) is 7.11 Å². The summed E-state index contributed by atoms with van der Waals surface area (Å²) in [5.74, 6) is -3.68. The fraction of sp³-hybridized carbons (Fsp3) is 0.192. The van der Waals surface area contributed by atoms with Crippen molar-refractivity contribution in [2.45, 2.75) is 24.7 Å². The van der Waals surface area contributed by atoms with Crippen molar-refractivity contribution in [3.05, 3.63) is 82.4 Å². The number of hydrogen-bond donors (Lipinski definition) is 1. The smallest absolute Gasteiger partial charge is 0.411 e. The first kappa shape index (κ1) is 28.8. The van der Waals surface area contributed by atoms with E-state index >= 15 is 0 Å². The molecule has 0 saturated heterocycles. The second kappa shape index (κ2) is 10.6. The summed E-state index contributed by atoms with van der Waals surface area (Å²) < 4.78 is 102. The molecule has 3 aromatic carbocycles. The zero-order valence-corrected chi connectivity index (χ0v) is 20.0. The molecule has 0 aliphatic heterocycles. The first-order valence-corrected chi connectivity index (χ1v) is 10.7. The molecular weight excluding hydrogens is 536 g/mol. The SMILES string of the molecule is COc1ccc(C(c2ccc(Oc3cccc(C)c3C#N)c(OC=O)c2)(C(F)(F)F)C(F)(F)F)cc1C(=O)O. The molecule has 0 radical (unpaired) electrons. The monoisotopic (exact) mass is 553 g/mol. The molecule has 1 N–H and O–H groups in total. The molecule has 0 heterocycles. The number of alkyl halides is 6. The van der Waals surface area contributed by atoms with Gasteiger partial charge in [-0.3, -0.25) is 4.79 Å². The molecule has 0 spiro atoms. The number of rotatable bonds is 8. The van der Waals surface area contributed by atoms with Crippen molar-refractivity contribution in [1.29, 1.82) is 5.26 Å². The summed E-state index contributed by atoms with van der Waals surface area (Å²) in [7, 11) is 0.996. The molecule has 0 aliphatic carbocycles. The minimum absolute atomic E-state index is 0.0259. The standard InChI is InChI=1S/C26H17F6NO6/c1-14-4-3-5-20(18(14)12-33)39-21-9-7-16(11-22(21)38-13-34)24(25(27,28)29,26(30,31)32)15-6-8-19(37-2)17(10-15)23(35)36/h3-11,13H,1-2H3,(H,35,36). The maximum atomic E-state index is 14.6. The van der Waals surface area contributed by atoms with Crippen LogP contribution in [0, 0.1) is 18.3 Å². The van der Waals surface area contributed by atoms with E-state index in [1.807, 2.05) is 6.07 Å². The number of halogens is 6. The van der Waals surface area contributed by atoms with E-state index in [1.54, 1.807) is 13.0 Å². The Hall–Kier alpha value is -4.73. The highest BCUT2D eigenvalue weighted by Crippen LogP contribution is 2.57. The Morgan fingerprint density at radius 1 is 0.897 bits per heavy atom. The normalized spacial score (nSPS) is 11.9. The summed E-state index contributed by atoms with van der Waals surface area (Å²) in [6.45, 7) is 1.34. The molecule has 3 aromatic rings. The van der Waals surface area contributed by atoms with Crippen LogP contribution in [0.2, 0.25) is 0 Å². The second-order valence-electron chi connectivity index (χ2n) is 8.00. The van der Waals surface area contributed by atoms with Crippen LogP contribution in [0.25, 0.3) is 0 Å². The molecule has 0 saturated carbocycles. The number of benzene rings is 3. The van der Waals surface area contributed by atoms with Gasteiger partial charge in [-0.2, -0.15) is 31.6 Å². The average Bonchev–Trinajstić information content (AvgIpc) is 2.84. The summed E-state index contributed by atoms with van der Waals surface area (Å²) in [5, 5.41) is 18.8. The summed E-state index contributed by atoms with van der Waals surface area (Å²) in [6.07, 6.45) is -12.1. The van der Waals surface area contributed by atoms with Crippen LogP contribution in [0.1, 0.15) is 32.6 Å². The topological polar surface area (TPSA) is 106 Å². The van der Waals surface area contributed by atoms with Crippen LogP contribution >= 0.6 is 0 Å². The number of methoxy groups -OCH3 is 1. The first-order chi connectivity index (χ1) is 18.2. The van der Waals surface area contributed by atoms with Gasteiger partial charge in [0.15, 0.2) is 11.5 Å². The Morgan fingerprint density at radius 3 is 2.00 bits per heavy atom. The Balaban J connectivity index is 2.35. The summed E-state index contributed by atoms with van der Waals surface area (Å²) >= 11 is 0. The van der Waals surface area contributed by atoms with Gasteiger partial charge >= 0.3 is 18.3 Å². The van der Waals surface area contributed by atoms with E-state index in [2.05, 4.69) is 4.74 Å². The summed E-state index contributed by atoms with van der Waals surface area (Å²) in [4.78, 5) is 22.7. The number of hydrogen-bond acceptors (Lipinski definition) is 6. The van der Waals surface area contributed by atoms with Gasteiger partial charge in [0.2, 0.25) is 5.41 Å². The van der Waals surface area contributed by atoms with Crippen molar-refractivity contribution in [2.24, 2.45) is 0 Å². The lowest BCUT2D eigenvalue weighted by Gasteiger charge is -2.38. The summed E-state index contributed by atoms with van der Waals surface area (Å²) in [5.41, 5.74) is -8.14. The molecule has 204 valence electrons. The molecule has 0 fully saturated rings. The minimum atomic E-state index is -6.07. The van der Waals surface area contributed by atoms with Gasteiger partial charge in [-0.15, -0.1) is 0 Å². The third-order valence-corrected chi connectivity index (χ3v) is 5.83. The van der Waals surface area contributed by atoms with Crippen LogP contribution in [0.3, 0.4) is 0 Å². The van der Waals surface area contributed by atoms with Gasteiger partial charge in [0.25, 0.3) is 6.47 Å². The number of carboxylic acids is 1. The van der Waals surface area contributed by atoms with Gasteiger partial charge in [-0.05, 0) is 53.9 Å². The number of ether oxygens (including phenoxy) is 3. The van der Waals surface area contributed by atoms with Crippen molar-refractivity contribution in [3.63, 3.8) is 0 Å². The lowest BCUT2D eigenvalue weighted by Crippen LogP contribution is -2.54. The predicted molar refractivity (Wildman–Crippen MR) is 122 cm³/mol. The second-order valence-corrected chi connectivity index (χ2v) is 8.00. The molecule has 39 heavy (non-hydrogen) atoms. The number of carbonyl (C=O) groups excluding carboxylic acids is 1. The molecular formula is C26H17F6NO6. The van der Waals surface area contributed by atoms with E-state index in [4.69, 9.17) is 9.47 Å².